The first-order chi connectivity index (χ1) is 21.9. The van der Waals surface area contributed by atoms with Gasteiger partial charge in [-0.15, -0.1) is 0 Å². The number of imidazole rings is 1. The number of rotatable bonds is 11. The molecule has 10 heteroatoms. The maximum atomic E-state index is 14.2. The van der Waals surface area contributed by atoms with Crippen molar-refractivity contribution >= 4 is 11.2 Å². The Kier molecular flexibility index (Phi) is 9.80. The molecule has 3 aromatic heterocycles. The van der Waals surface area contributed by atoms with Crippen molar-refractivity contribution in [3.05, 3.63) is 74.6 Å². The second-order valence-corrected chi connectivity index (χ2v) is 12.6. The highest BCUT2D eigenvalue weighted by atomic mass is 16.7. The van der Waals surface area contributed by atoms with E-state index in [1.807, 2.05) is 67.8 Å². The van der Waals surface area contributed by atoms with E-state index in [1.54, 1.807) is 4.57 Å². The van der Waals surface area contributed by atoms with Crippen LogP contribution in [0.25, 0.3) is 22.6 Å². The highest BCUT2D eigenvalue weighted by Gasteiger charge is 2.25. The summed E-state index contributed by atoms with van der Waals surface area (Å²) in [6, 6.07) is 13.7. The lowest BCUT2D eigenvalue weighted by Crippen LogP contribution is -2.41. The van der Waals surface area contributed by atoms with Gasteiger partial charge in [0.25, 0.3) is 5.56 Å². The van der Waals surface area contributed by atoms with E-state index in [2.05, 4.69) is 0 Å². The Morgan fingerprint density at radius 1 is 0.933 bits per heavy atom. The molecule has 2 aliphatic rings. The average Bonchev–Trinajstić information content (AvgIpc) is 3.40. The van der Waals surface area contributed by atoms with Crippen LogP contribution >= 0.6 is 0 Å². The third-order valence-electron chi connectivity index (χ3n) is 8.87. The van der Waals surface area contributed by atoms with E-state index >= 15 is 0 Å². The highest BCUT2D eigenvalue weighted by Crippen LogP contribution is 2.30. The molecule has 240 valence electrons. The molecule has 45 heavy (non-hydrogen) atoms. The predicted molar refractivity (Wildman–Crippen MR) is 174 cm³/mol. The molecule has 4 heterocycles. The molecule has 0 bridgehead atoms. The van der Waals surface area contributed by atoms with Crippen LogP contribution in [-0.2, 0) is 22.6 Å². The lowest BCUT2D eigenvalue weighted by atomic mass is 9.98. The summed E-state index contributed by atoms with van der Waals surface area (Å²) in [5.74, 6) is 1.21. The smallest absolute Gasteiger partial charge is 0.332 e. The number of ether oxygens (including phenoxy) is 3. The highest BCUT2D eigenvalue weighted by molar-refractivity contribution is 5.78. The van der Waals surface area contributed by atoms with Gasteiger partial charge < -0.3 is 18.8 Å². The molecule has 1 atom stereocenters. The van der Waals surface area contributed by atoms with Gasteiger partial charge in [-0.1, -0.05) is 36.8 Å². The number of pyridine rings is 1. The van der Waals surface area contributed by atoms with Crippen LogP contribution < -0.4 is 16.0 Å². The van der Waals surface area contributed by atoms with Crippen molar-refractivity contribution in [2.24, 2.45) is 0 Å². The predicted octanol–water partition coefficient (Wildman–Crippen LogP) is 6.00. The van der Waals surface area contributed by atoms with Crippen LogP contribution in [-0.4, -0.2) is 49.3 Å². The van der Waals surface area contributed by atoms with Gasteiger partial charge in [-0.3, -0.25) is 13.9 Å². The van der Waals surface area contributed by atoms with Gasteiger partial charge in [-0.05, 0) is 83.8 Å². The molecule has 1 saturated heterocycles. The first-order valence-corrected chi connectivity index (χ1v) is 16.6. The van der Waals surface area contributed by atoms with E-state index < -0.39 is 0 Å². The van der Waals surface area contributed by atoms with Crippen molar-refractivity contribution in [1.29, 1.82) is 0 Å². The molecular formula is C35H45N5O5. The van der Waals surface area contributed by atoms with E-state index in [9.17, 15) is 9.59 Å². The summed E-state index contributed by atoms with van der Waals surface area (Å²) in [6.07, 6.45) is 9.23. The molecular weight excluding hydrogens is 570 g/mol. The minimum absolute atomic E-state index is 0.193. The van der Waals surface area contributed by atoms with Crippen molar-refractivity contribution < 1.29 is 14.2 Å². The minimum atomic E-state index is -0.363. The zero-order valence-corrected chi connectivity index (χ0v) is 26.7. The lowest BCUT2D eigenvalue weighted by Gasteiger charge is -2.22. The van der Waals surface area contributed by atoms with Crippen LogP contribution in [0.4, 0.5) is 0 Å². The van der Waals surface area contributed by atoms with Crippen molar-refractivity contribution in [3.63, 3.8) is 0 Å². The van der Waals surface area contributed by atoms with Crippen molar-refractivity contribution in [1.82, 2.24) is 23.7 Å². The van der Waals surface area contributed by atoms with Crippen molar-refractivity contribution in [3.8, 4) is 17.3 Å². The monoisotopic (exact) mass is 615 g/mol. The molecule has 6 rings (SSSR count). The van der Waals surface area contributed by atoms with Gasteiger partial charge in [-0.2, -0.15) is 0 Å². The molecule has 1 aromatic carbocycles. The summed E-state index contributed by atoms with van der Waals surface area (Å²) >= 11 is 0. The fourth-order valence-electron chi connectivity index (χ4n) is 6.52. The number of hydrogen-bond donors (Lipinski definition) is 0. The van der Waals surface area contributed by atoms with Gasteiger partial charge >= 0.3 is 5.69 Å². The molecule has 0 radical (unpaired) electrons. The lowest BCUT2D eigenvalue weighted by molar-refractivity contribution is -0.163. The second-order valence-electron chi connectivity index (χ2n) is 12.6. The third-order valence-corrected chi connectivity index (χ3v) is 8.87. The molecule has 0 spiro atoms. The Bertz CT molecular complexity index is 1710. The fourth-order valence-corrected chi connectivity index (χ4v) is 6.52. The van der Waals surface area contributed by atoms with E-state index in [-0.39, 0.29) is 36.2 Å². The molecule has 1 saturated carbocycles. The standard InChI is InChI=1S/C35H45N5O5/c1-24(2)40-33-31(34(41)38(35(40)42)20-12-22-44-30-17-10-11-21-43-30)39(23-26-13-6-4-7-14-26)32(37-33)28-18-19-29(36-25(28)3)45-27-15-8-5-9-16-27/h4,6-7,13-14,18-19,24,27,30H,5,8-12,15-17,20-23H2,1-3H3. The number of hydrogen-bond acceptors (Lipinski definition) is 7. The quantitative estimate of drug-likeness (QED) is 0.191. The summed E-state index contributed by atoms with van der Waals surface area (Å²) in [7, 11) is 0. The van der Waals surface area contributed by atoms with Crippen molar-refractivity contribution in [2.75, 3.05) is 13.2 Å². The average molecular weight is 616 g/mol. The summed E-state index contributed by atoms with van der Waals surface area (Å²) in [4.78, 5) is 37.9. The zero-order valence-electron chi connectivity index (χ0n) is 26.7. The molecule has 0 N–H and O–H groups in total. The molecule has 1 unspecified atom stereocenters. The molecule has 1 aliphatic heterocycles. The number of benzene rings is 1. The van der Waals surface area contributed by atoms with Crippen LogP contribution in [0.15, 0.2) is 52.1 Å². The first-order valence-electron chi connectivity index (χ1n) is 16.6. The molecule has 2 fully saturated rings. The summed E-state index contributed by atoms with van der Waals surface area (Å²) in [5, 5.41) is 0. The van der Waals surface area contributed by atoms with E-state index in [1.165, 1.54) is 23.8 Å². The van der Waals surface area contributed by atoms with Crippen LogP contribution in [0, 0.1) is 6.92 Å². The van der Waals surface area contributed by atoms with Crippen LogP contribution in [0.3, 0.4) is 0 Å². The number of fused-ring (bicyclic) bond motifs is 1. The fraction of sp³-hybridized carbons (Fsp3) is 0.543. The Balaban J connectivity index is 1.40. The van der Waals surface area contributed by atoms with Gasteiger partial charge in [0.2, 0.25) is 5.88 Å². The topological polar surface area (TPSA) is 102 Å². The van der Waals surface area contributed by atoms with Gasteiger partial charge in [0.05, 0.1) is 12.3 Å². The van der Waals surface area contributed by atoms with Crippen LogP contribution in [0.2, 0.25) is 0 Å². The van der Waals surface area contributed by atoms with E-state index in [4.69, 9.17) is 24.2 Å². The first kappa shape index (κ1) is 31.2. The Morgan fingerprint density at radius 3 is 2.42 bits per heavy atom. The van der Waals surface area contributed by atoms with Gasteiger partial charge in [0.15, 0.2) is 17.5 Å². The molecule has 10 nitrogen and oxygen atoms in total. The van der Waals surface area contributed by atoms with Gasteiger partial charge in [0.1, 0.15) is 11.9 Å². The second kappa shape index (κ2) is 14.1. The summed E-state index contributed by atoms with van der Waals surface area (Å²) in [6.45, 7) is 7.61. The van der Waals surface area contributed by atoms with Crippen LogP contribution in [0.5, 0.6) is 5.88 Å². The number of aromatic nitrogens is 5. The van der Waals surface area contributed by atoms with E-state index in [0.29, 0.717) is 49.0 Å². The normalized spacial score (nSPS) is 17.7. The van der Waals surface area contributed by atoms with Gasteiger partial charge in [0, 0.05) is 37.4 Å². The summed E-state index contributed by atoms with van der Waals surface area (Å²) in [5.41, 5.74) is 2.66. The maximum absolute atomic E-state index is 14.2. The van der Waals surface area contributed by atoms with Gasteiger partial charge in [-0.25, -0.2) is 14.8 Å². The minimum Gasteiger partial charge on any atom is -0.474 e. The van der Waals surface area contributed by atoms with E-state index in [0.717, 1.165) is 48.9 Å². The zero-order chi connectivity index (χ0) is 31.3. The Hall–Kier alpha value is -3.76. The molecule has 0 amide bonds. The third kappa shape index (κ3) is 6.92. The number of nitrogens with zero attached hydrogens (tertiary/aromatic N) is 5. The largest absolute Gasteiger partial charge is 0.474 e. The number of aryl methyl sites for hydroxylation is 1. The summed E-state index contributed by atoms with van der Waals surface area (Å²) < 4.78 is 22.7. The molecule has 4 aromatic rings. The maximum Gasteiger partial charge on any atom is 0.332 e. The SMILES string of the molecule is Cc1nc(OC2CCCCC2)ccc1-c1nc2c(c(=O)n(CCCOC3CCCCO3)c(=O)n2C(C)C)n1Cc1ccccc1. The van der Waals surface area contributed by atoms with Crippen molar-refractivity contribution in [2.45, 2.75) is 110 Å². The Labute approximate surface area is 264 Å². The molecule has 1 aliphatic carbocycles. The Morgan fingerprint density at radius 2 is 1.71 bits per heavy atom. The van der Waals surface area contributed by atoms with Crippen LogP contribution in [0.1, 0.15) is 88.9 Å².